The van der Waals surface area contributed by atoms with Crippen LogP contribution in [0.2, 0.25) is 5.02 Å². The summed E-state index contributed by atoms with van der Waals surface area (Å²) in [6, 6.07) is 12.7. The fourth-order valence-electron chi connectivity index (χ4n) is 2.97. The topological polar surface area (TPSA) is 68.3 Å². The average molecular weight is 411 g/mol. The normalized spacial score (nSPS) is 14.2. The summed E-state index contributed by atoms with van der Waals surface area (Å²) in [5.41, 5.74) is 3.17. The van der Waals surface area contributed by atoms with Crippen molar-refractivity contribution in [1.29, 1.82) is 0 Å². The number of carbonyl (C=O) groups excluding carboxylic acids is 2. The lowest BCUT2D eigenvalue weighted by molar-refractivity contribution is -0.118. The van der Waals surface area contributed by atoms with E-state index < -0.39 is 0 Å². The van der Waals surface area contributed by atoms with Crippen LogP contribution in [-0.2, 0) is 11.2 Å². The minimum Gasteiger partial charge on any atom is -0.484 e. The first-order valence-corrected chi connectivity index (χ1v) is 9.80. The predicted molar refractivity (Wildman–Crippen MR) is 110 cm³/mol. The van der Waals surface area contributed by atoms with E-state index in [0.29, 0.717) is 33.5 Å². The molecule has 1 aliphatic rings. The van der Waals surface area contributed by atoms with Crippen LogP contribution in [0.4, 0.5) is 5.13 Å². The molecule has 7 heteroatoms. The largest absolute Gasteiger partial charge is 0.484 e. The minimum atomic E-state index is -0.281. The van der Waals surface area contributed by atoms with Gasteiger partial charge in [0.1, 0.15) is 5.75 Å². The Bertz CT molecular complexity index is 1080. The van der Waals surface area contributed by atoms with Gasteiger partial charge in [-0.3, -0.25) is 14.9 Å². The average Bonchev–Trinajstić information content (AvgIpc) is 3.29. The smallest absolute Gasteiger partial charge is 0.264 e. The summed E-state index contributed by atoms with van der Waals surface area (Å²) in [5, 5.41) is 5.53. The van der Waals surface area contributed by atoms with E-state index in [1.807, 2.05) is 24.3 Å². The first kappa shape index (κ1) is 18.4. The van der Waals surface area contributed by atoms with Gasteiger partial charge in [-0.2, -0.15) is 0 Å². The van der Waals surface area contributed by atoms with Crippen LogP contribution in [0.1, 0.15) is 21.5 Å². The highest BCUT2D eigenvalue weighted by Crippen LogP contribution is 2.30. The van der Waals surface area contributed by atoms with Crippen LogP contribution in [-0.4, -0.2) is 23.3 Å². The zero-order valence-electron chi connectivity index (χ0n) is 14.6. The van der Waals surface area contributed by atoms with Gasteiger partial charge in [0.05, 0.1) is 0 Å². The number of ether oxygens (including phenoxy) is 1. The number of carbonyl (C=O) groups is 2. The van der Waals surface area contributed by atoms with Crippen molar-refractivity contribution in [2.75, 3.05) is 11.9 Å². The lowest BCUT2D eigenvalue weighted by atomic mass is 10.1. The van der Waals surface area contributed by atoms with Crippen molar-refractivity contribution in [3.8, 4) is 5.75 Å². The number of fused-ring (bicyclic) bond motifs is 1. The molecule has 0 atom stereocenters. The van der Waals surface area contributed by atoms with E-state index in [1.54, 1.807) is 35.8 Å². The molecule has 1 aliphatic carbocycles. The number of amides is 1. The Morgan fingerprint density at radius 1 is 1.29 bits per heavy atom. The Balaban J connectivity index is 1.43. The fourth-order valence-corrected chi connectivity index (χ4v) is 3.69. The molecule has 0 saturated heterocycles. The maximum atomic E-state index is 12.6. The Morgan fingerprint density at radius 2 is 2.18 bits per heavy atom. The number of halogens is 1. The summed E-state index contributed by atoms with van der Waals surface area (Å²) in [7, 11) is 0. The van der Waals surface area contributed by atoms with E-state index in [2.05, 4.69) is 10.3 Å². The third-order valence-electron chi connectivity index (χ3n) is 4.24. The zero-order valence-corrected chi connectivity index (χ0v) is 16.2. The van der Waals surface area contributed by atoms with E-state index >= 15 is 0 Å². The highest BCUT2D eigenvalue weighted by molar-refractivity contribution is 7.13. The summed E-state index contributed by atoms with van der Waals surface area (Å²) in [4.78, 5) is 28.5. The molecule has 1 amide bonds. The highest BCUT2D eigenvalue weighted by atomic mass is 35.5. The lowest BCUT2D eigenvalue weighted by Crippen LogP contribution is -2.19. The Hall–Kier alpha value is -2.96. The summed E-state index contributed by atoms with van der Waals surface area (Å²) in [6.07, 6.45) is 4.04. The minimum absolute atomic E-state index is 0.00773. The summed E-state index contributed by atoms with van der Waals surface area (Å²) in [6.45, 7) is -0.123. The number of aromatic nitrogens is 1. The van der Waals surface area contributed by atoms with Crippen molar-refractivity contribution in [1.82, 2.24) is 4.98 Å². The molecule has 2 aromatic carbocycles. The van der Waals surface area contributed by atoms with Gasteiger partial charge in [0.25, 0.3) is 5.91 Å². The molecule has 1 N–H and O–H groups in total. The van der Waals surface area contributed by atoms with Gasteiger partial charge in [-0.15, -0.1) is 11.3 Å². The van der Waals surface area contributed by atoms with Gasteiger partial charge in [0.15, 0.2) is 17.5 Å². The van der Waals surface area contributed by atoms with Crippen molar-refractivity contribution in [3.05, 3.63) is 81.3 Å². The van der Waals surface area contributed by atoms with Crippen molar-refractivity contribution in [2.24, 2.45) is 0 Å². The van der Waals surface area contributed by atoms with Crippen molar-refractivity contribution < 1.29 is 14.3 Å². The Morgan fingerprint density at radius 3 is 3.00 bits per heavy atom. The molecule has 0 fully saturated rings. The highest BCUT2D eigenvalue weighted by Gasteiger charge is 2.24. The van der Waals surface area contributed by atoms with Crippen LogP contribution in [0, 0.1) is 0 Å². The molecule has 0 spiro atoms. The Kier molecular flexibility index (Phi) is 5.23. The molecule has 0 bridgehead atoms. The first-order valence-electron chi connectivity index (χ1n) is 8.54. The number of Topliss-reactive ketones (excluding diaryl/α,β-unsaturated/α-hetero) is 1. The van der Waals surface area contributed by atoms with E-state index in [9.17, 15) is 9.59 Å². The molecular formula is C21H15ClN2O3S. The zero-order chi connectivity index (χ0) is 19.5. The Labute approximate surface area is 170 Å². The third kappa shape index (κ3) is 4.13. The maximum Gasteiger partial charge on any atom is 0.264 e. The molecule has 5 nitrogen and oxygen atoms in total. The molecule has 1 heterocycles. The molecule has 0 unspecified atom stereocenters. The van der Waals surface area contributed by atoms with Gasteiger partial charge >= 0.3 is 0 Å². The molecule has 3 aromatic rings. The SMILES string of the molecule is O=C(COc1cccc(/C=C2\Cc3ccc(Cl)cc3C2=O)c1)Nc1nccs1. The number of hydrogen-bond donors (Lipinski definition) is 1. The first-order chi connectivity index (χ1) is 13.6. The van der Waals surface area contributed by atoms with E-state index in [4.69, 9.17) is 16.3 Å². The molecule has 140 valence electrons. The standard InChI is InChI=1S/C21H15ClN2O3S/c22-16-5-4-14-10-15(20(26)18(14)11-16)8-13-2-1-3-17(9-13)27-12-19(25)24-21-23-6-7-28-21/h1-9,11H,10,12H2,(H,23,24,25)/b15-8+. The van der Waals surface area contributed by atoms with E-state index in [-0.39, 0.29) is 18.3 Å². The molecule has 0 radical (unpaired) electrons. The molecule has 0 aliphatic heterocycles. The van der Waals surface area contributed by atoms with Gasteiger partial charge < -0.3 is 4.74 Å². The van der Waals surface area contributed by atoms with Crippen LogP contribution < -0.4 is 10.1 Å². The number of hydrogen-bond acceptors (Lipinski definition) is 5. The molecular weight excluding hydrogens is 396 g/mol. The summed E-state index contributed by atoms with van der Waals surface area (Å²) in [5.74, 6) is 0.262. The molecule has 28 heavy (non-hydrogen) atoms. The number of rotatable bonds is 5. The quantitative estimate of drug-likeness (QED) is 0.622. The van der Waals surface area contributed by atoms with E-state index in [1.165, 1.54) is 11.3 Å². The second-order valence-corrected chi connectivity index (χ2v) is 7.55. The van der Waals surface area contributed by atoms with Crippen LogP contribution >= 0.6 is 22.9 Å². The van der Waals surface area contributed by atoms with Gasteiger partial charge in [0.2, 0.25) is 0 Å². The molecule has 1 aromatic heterocycles. The van der Waals surface area contributed by atoms with Gasteiger partial charge in [-0.05, 0) is 41.5 Å². The van der Waals surface area contributed by atoms with Crippen molar-refractivity contribution in [3.63, 3.8) is 0 Å². The van der Waals surface area contributed by atoms with Crippen LogP contribution in [0.5, 0.6) is 5.75 Å². The van der Waals surface area contributed by atoms with Gasteiger partial charge in [0, 0.05) is 34.2 Å². The summed E-state index contributed by atoms with van der Waals surface area (Å²) >= 11 is 7.34. The summed E-state index contributed by atoms with van der Waals surface area (Å²) < 4.78 is 5.56. The lowest BCUT2D eigenvalue weighted by Gasteiger charge is -2.07. The van der Waals surface area contributed by atoms with Gasteiger partial charge in [-0.25, -0.2) is 4.98 Å². The number of benzene rings is 2. The fraction of sp³-hybridized carbons (Fsp3) is 0.0952. The van der Waals surface area contributed by atoms with Crippen molar-refractivity contribution in [2.45, 2.75) is 6.42 Å². The van der Waals surface area contributed by atoms with Gasteiger partial charge in [-0.1, -0.05) is 29.8 Å². The third-order valence-corrected chi connectivity index (χ3v) is 5.16. The second kappa shape index (κ2) is 7.96. The van der Waals surface area contributed by atoms with Crippen molar-refractivity contribution >= 4 is 45.8 Å². The number of anilines is 1. The second-order valence-electron chi connectivity index (χ2n) is 6.22. The number of ketones is 1. The van der Waals surface area contributed by atoms with Crippen LogP contribution in [0.25, 0.3) is 6.08 Å². The number of nitrogens with zero attached hydrogens (tertiary/aromatic N) is 1. The number of nitrogens with one attached hydrogen (secondary N) is 1. The number of thiazole rings is 1. The molecule has 4 rings (SSSR count). The number of allylic oxidation sites excluding steroid dienone is 1. The van der Waals surface area contributed by atoms with Crippen LogP contribution in [0.3, 0.4) is 0 Å². The van der Waals surface area contributed by atoms with Crippen LogP contribution in [0.15, 0.2) is 59.6 Å². The predicted octanol–water partition coefficient (Wildman–Crippen LogP) is 4.64. The monoisotopic (exact) mass is 410 g/mol. The molecule has 0 saturated carbocycles. The maximum absolute atomic E-state index is 12.6. The van der Waals surface area contributed by atoms with E-state index in [0.717, 1.165) is 11.1 Å².